The van der Waals surface area contributed by atoms with Crippen LogP contribution in [0.2, 0.25) is 15.1 Å². The number of carboxylic acid groups (broad SMARTS) is 1. The van der Waals surface area contributed by atoms with Crippen LogP contribution in [0.15, 0.2) is 42.7 Å². The summed E-state index contributed by atoms with van der Waals surface area (Å²) in [6.07, 6.45) is -3.17. The number of hydrogen-bond donors (Lipinski definition) is 1. The molecule has 1 N–H and O–H groups in total. The number of hydrogen-bond acceptors (Lipinski definition) is 6. The first-order chi connectivity index (χ1) is 16.9. The third-order valence-electron chi connectivity index (χ3n) is 4.84. The second-order valence-electron chi connectivity index (χ2n) is 7.32. The van der Waals surface area contributed by atoms with Gasteiger partial charge in [-0.25, -0.2) is 14.5 Å². The lowest BCUT2D eigenvalue weighted by Crippen LogP contribution is -2.15. The summed E-state index contributed by atoms with van der Waals surface area (Å²) in [4.78, 5) is 29.9. The van der Waals surface area contributed by atoms with Gasteiger partial charge in [-0.3, -0.25) is 4.79 Å². The number of aromatic nitrogens is 6. The molecule has 3 aromatic heterocycles. The van der Waals surface area contributed by atoms with Crippen molar-refractivity contribution in [3.63, 3.8) is 0 Å². The van der Waals surface area contributed by atoms with Crippen LogP contribution in [0.4, 0.5) is 13.2 Å². The molecule has 0 unspecified atom stereocenters. The van der Waals surface area contributed by atoms with Gasteiger partial charge >= 0.3 is 12.1 Å². The number of carbonyl (C=O) groups excluding carboxylic acids is 1. The van der Waals surface area contributed by atoms with Crippen LogP contribution in [0, 0.1) is 0 Å². The molecule has 15 heteroatoms. The van der Waals surface area contributed by atoms with Crippen molar-refractivity contribution >= 4 is 46.6 Å². The third-order valence-corrected chi connectivity index (χ3v) is 5.69. The van der Waals surface area contributed by atoms with E-state index in [1.165, 1.54) is 30.5 Å². The van der Waals surface area contributed by atoms with Crippen LogP contribution in [0.5, 0.6) is 0 Å². The fourth-order valence-electron chi connectivity index (χ4n) is 3.27. The maximum Gasteiger partial charge on any atom is 0.436 e. The van der Waals surface area contributed by atoms with Gasteiger partial charge < -0.3 is 5.11 Å². The summed E-state index contributed by atoms with van der Waals surface area (Å²) in [6, 6.07) is 6.82. The lowest BCUT2D eigenvalue weighted by Gasteiger charge is -2.10. The molecule has 36 heavy (non-hydrogen) atoms. The molecule has 9 nitrogen and oxygen atoms in total. The van der Waals surface area contributed by atoms with Gasteiger partial charge in [-0.15, -0.1) is 5.10 Å². The first-order valence-electron chi connectivity index (χ1n) is 9.85. The van der Waals surface area contributed by atoms with Crippen molar-refractivity contribution in [2.75, 3.05) is 0 Å². The highest BCUT2D eigenvalue weighted by atomic mass is 35.5. The van der Waals surface area contributed by atoms with Gasteiger partial charge in [0.1, 0.15) is 12.2 Å². The quantitative estimate of drug-likeness (QED) is 0.317. The lowest BCUT2D eigenvalue weighted by molar-refractivity contribution is -0.141. The maximum atomic E-state index is 13.3. The van der Waals surface area contributed by atoms with E-state index >= 15 is 0 Å². The van der Waals surface area contributed by atoms with E-state index in [2.05, 4.69) is 20.3 Å². The minimum Gasteiger partial charge on any atom is -0.478 e. The number of carboxylic acids is 1. The molecule has 0 amide bonds. The van der Waals surface area contributed by atoms with Crippen molar-refractivity contribution in [2.45, 2.75) is 19.1 Å². The van der Waals surface area contributed by atoms with Crippen LogP contribution in [-0.2, 0) is 19.1 Å². The molecule has 4 rings (SSSR count). The Hall–Kier alpha value is -3.48. The summed E-state index contributed by atoms with van der Waals surface area (Å²) >= 11 is 18.3. The Kier molecular flexibility index (Phi) is 7.03. The molecule has 0 aliphatic carbocycles. The zero-order chi connectivity index (χ0) is 26.2. The minimum absolute atomic E-state index is 0.0172. The first kappa shape index (κ1) is 25.6. The zero-order valence-corrected chi connectivity index (χ0v) is 19.9. The molecule has 4 aromatic rings. The van der Waals surface area contributed by atoms with Crippen LogP contribution < -0.4 is 0 Å². The normalized spacial score (nSPS) is 11.6. The standard InChI is InChI=1S/C21H12Cl3F3N6O3/c22-10-4-13(20(35)36)12(15(24)5-10)7-17(34)16-6-11(9-32-29-8-18(31-32)21(25,26)27)30-33(16)19-14(23)2-1-3-28-19/h1-6,8H,7,9H2,(H,35,36). The van der Waals surface area contributed by atoms with Crippen molar-refractivity contribution in [1.82, 2.24) is 29.8 Å². The van der Waals surface area contributed by atoms with E-state index in [-0.39, 0.29) is 49.9 Å². The topological polar surface area (TPSA) is 116 Å². The molecule has 0 aliphatic rings. The van der Waals surface area contributed by atoms with Gasteiger partial charge in [0.05, 0.1) is 22.5 Å². The Bertz CT molecular complexity index is 1490. The van der Waals surface area contributed by atoms with E-state index in [1.807, 2.05) is 0 Å². The average Bonchev–Trinajstić information content (AvgIpc) is 3.43. The molecule has 0 radical (unpaired) electrons. The predicted octanol–water partition coefficient (Wildman–Crippen LogP) is 5.01. The van der Waals surface area contributed by atoms with Crippen molar-refractivity contribution in [3.05, 3.63) is 86.0 Å². The number of Topliss-reactive ketones (excluding diaryl/α,β-unsaturated/α-hetero) is 1. The van der Waals surface area contributed by atoms with E-state index < -0.39 is 30.0 Å². The Balaban J connectivity index is 1.75. The van der Waals surface area contributed by atoms with E-state index in [0.717, 1.165) is 9.48 Å². The van der Waals surface area contributed by atoms with Crippen molar-refractivity contribution in [1.29, 1.82) is 0 Å². The first-order valence-corrected chi connectivity index (χ1v) is 11.0. The summed E-state index contributed by atoms with van der Waals surface area (Å²) < 4.78 is 39.7. The smallest absolute Gasteiger partial charge is 0.436 e. The molecule has 0 spiro atoms. The summed E-state index contributed by atoms with van der Waals surface area (Å²) in [7, 11) is 0. The Morgan fingerprint density at radius 3 is 2.44 bits per heavy atom. The van der Waals surface area contributed by atoms with E-state index in [0.29, 0.717) is 6.20 Å². The number of rotatable bonds is 7. The largest absolute Gasteiger partial charge is 0.478 e. The average molecular weight is 560 g/mol. The van der Waals surface area contributed by atoms with Crippen molar-refractivity contribution in [3.8, 4) is 5.82 Å². The van der Waals surface area contributed by atoms with Gasteiger partial charge in [-0.05, 0) is 35.9 Å². The van der Waals surface area contributed by atoms with Crippen molar-refractivity contribution < 1.29 is 27.9 Å². The second-order valence-corrected chi connectivity index (χ2v) is 8.57. The van der Waals surface area contributed by atoms with E-state index in [4.69, 9.17) is 34.8 Å². The maximum absolute atomic E-state index is 13.3. The van der Waals surface area contributed by atoms with Crippen LogP contribution in [0.25, 0.3) is 5.82 Å². The Labute approximate surface area is 215 Å². The number of halogens is 6. The number of alkyl halides is 3. The number of nitrogens with zero attached hydrogens (tertiary/aromatic N) is 6. The highest BCUT2D eigenvalue weighted by Crippen LogP contribution is 2.29. The monoisotopic (exact) mass is 558 g/mol. The highest BCUT2D eigenvalue weighted by molar-refractivity contribution is 6.36. The van der Waals surface area contributed by atoms with Crippen molar-refractivity contribution in [2.24, 2.45) is 0 Å². The second kappa shape index (κ2) is 9.88. The molecule has 186 valence electrons. The van der Waals surface area contributed by atoms with Crippen LogP contribution in [-0.4, -0.2) is 46.6 Å². The number of aromatic carboxylic acids is 1. The van der Waals surface area contributed by atoms with Crippen LogP contribution >= 0.6 is 34.8 Å². The van der Waals surface area contributed by atoms with Gasteiger partial charge in [0, 0.05) is 22.7 Å². The van der Waals surface area contributed by atoms with Gasteiger partial charge in [0.15, 0.2) is 17.3 Å². The number of carbonyl (C=O) groups is 2. The SMILES string of the molecule is O=C(O)c1cc(Cl)cc(Cl)c1CC(=O)c1cc(Cn2ncc(C(F)(F)F)n2)nn1-c1ncccc1Cl. The molecule has 3 heterocycles. The molecule has 0 aliphatic heterocycles. The molecule has 0 saturated carbocycles. The van der Waals surface area contributed by atoms with E-state index in [1.54, 1.807) is 6.07 Å². The van der Waals surface area contributed by atoms with E-state index in [9.17, 15) is 27.9 Å². The number of benzene rings is 1. The van der Waals surface area contributed by atoms with Gasteiger partial charge in [0.2, 0.25) is 0 Å². The number of pyridine rings is 1. The van der Waals surface area contributed by atoms with Crippen LogP contribution in [0.3, 0.4) is 0 Å². The molecular formula is C21H12Cl3F3N6O3. The Morgan fingerprint density at radius 1 is 1.06 bits per heavy atom. The summed E-state index contributed by atoms with van der Waals surface area (Å²) in [5, 5.41) is 20.9. The fraction of sp³-hybridized carbons (Fsp3) is 0.143. The number of ketones is 1. The summed E-state index contributed by atoms with van der Waals surface area (Å²) in [5.41, 5.74) is -1.39. The summed E-state index contributed by atoms with van der Waals surface area (Å²) in [5.74, 6) is -1.89. The zero-order valence-electron chi connectivity index (χ0n) is 17.7. The van der Waals surface area contributed by atoms with Gasteiger partial charge in [0.25, 0.3) is 0 Å². The summed E-state index contributed by atoms with van der Waals surface area (Å²) in [6.45, 7) is -0.310. The molecule has 0 saturated heterocycles. The molecule has 1 aromatic carbocycles. The minimum atomic E-state index is -4.68. The Morgan fingerprint density at radius 2 is 1.81 bits per heavy atom. The van der Waals surface area contributed by atoms with Gasteiger partial charge in [-0.1, -0.05) is 34.8 Å². The van der Waals surface area contributed by atoms with Crippen LogP contribution in [0.1, 0.15) is 37.8 Å². The fourth-order valence-corrected chi connectivity index (χ4v) is 4.04. The lowest BCUT2D eigenvalue weighted by atomic mass is 10.0. The third kappa shape index (κ3) is 5.35. The molecule has 0 bridgehead atoms. The highest BCUT2D eigenvalue weighted by Gasteiger charge is 2.34. The molecule has 0 atom stereocenters. The van der Waals surface area contributed by atoms with Gasteiger partial charge in [-0.2, -0.15) is 28.2 Å². The molecule has 0 fully saturated rings. The predicted molar refractivity (Wildman–Crippen MR) is 122 cm³/mol. The molecular weight excluding hydrogens is 548 g/mol.